The second-order valence-corrected chi connectivity index (χ2v) is 7.52. The Hall–Kier alpha value is -0.780. The number of hydrogen-bond donors (Lipinski definition) is 0. The average Bonchev–Trinajstić information content (AvgIpc) is 2.77. The maximum atomic E-state index is 12.9. The molecule has 1 heterocycles. The largest absolute Gasteiger partial charge is 0.497 e. The second-order valence-electron chi connectivity index (χ2n) is 5.23. The number of rotatable bonds is 5. The van der Waals surface area contributed by atoms with Crippen LogP contribution >= 0.6 is 11.6 Å². The topological polar surface area (TPSA) is 46.6 Å². The number of aryl methyl sites for hydroxylation is 1. The van der Waals surface area contributed by atoms with Gasteiger partial charge in [0.2, 0.25) is 10.0 Å². The molecule has 1 aromatic rings. The van der Waals surface area contributed by atoms with E-state index in [1.165, 1.54) is 0 Å². The number of ether oxygens (including phenoxy) is 1. The van der Waals surface area contributed by atoms with E-state index in [-0.39, 0.29) is 0 Å². The van der Waals surface area contributed by atoms with E-state index in [9.17, 15) is 8.42 Å². The number of sulfonamides is 1. The SMILES string of the molecule is COc1ccc(S(=O)(=O)N2CCCCCC2)c(CCCl)c1. The molecule has 1 aliphatic heterocycles. The van der Waals surface area contributed by atoms with Crippen LogP contribution in [0.4, 0.5) is 0 Å². The molecular weight excluding hydrogens is 310 g/mol. The molecule has 0 aromatic heterocycles. The zero-order valence-corrected chi connectivity index (χ0v) is 13.9. The Bertz CT molecular complexity index is 566. The zero-order chi connectivity index (χ0) is 15.3. The monoisotopic (exact) mass is 331 g/mol. The van der Waals surface area contributed by atoms with Crippen molar-refractivity contribution in [2.24, 2.45) is 0 Å². The van der Waals surface area contributed by atoms with Crippen LogP contribution in [0.25, 0.3) is 0 Å². The summed E-state index contributed by atoms with van der Waals surface area (Å²) < 4.78 is 32.5. The predicted molar refractivity (Wildman–Crippen MR) is 84.6 cm³/mol. The van der Waals surface area contributed by atoms with Crippen molar-refractivity contribution in [3.05, 3.63) is 23.8 Å². The van der Waals surface area contributed by atoms with Crippen molar-refractivity contribution in [2.75, 3.05) is 26.1 Å². The van der Waals surface area contributed by atoms with Gasteiger partial charge in [-0.1, -0.05) is 12.8 Å². The van der Waals surface area contributed by atoms with Crippen LogP contribution in [0.5, 0.6) is 5.75 Å². The number of methoxy groups -OCH3 is 1. The first-order valence-electron chi connectivity index (χ1n) is 7.32. The third-order valence-corrected chi connectivity index (χ3v) is 6.00. The summed E-state index contributed by atoms with van der Waals surface area (Å²) in [5.41, 5.74) is 0.730. The molecule has 1 aliphatic rings. The van der Waals surface area contributed by atoms with Gasteiger partial charge in [0.25, 0.3) is 0 Å². The Kier molecular flexibility index (Phi) is 5.90. The van der Waals surface area contributed by atoms with Gasteiger partial charge in [-0.25, -0.2) is 8.42 Å². The van der Waals surface area contributed by atoms with E-state index in [2.05, 4.69) is 0 Å². The van der Waals surface area contributed by atoms with Gasteiger partial charge in [0.05, 0.1) is 12.0 Å². The molecule has 0 saturated carbocycles. The summed E-state index contributed by atoms with van der Waals surface area (Å²) in [6.45, 7) is 1.21. The Morgan fingerprint density at radius 2 is 1.86 bits per heavy atom. The lowest BCUT2D eigenvalue weighted by Gasteiger charge is -2.22. The molecule has 1 saturated heterocycles. The summed E-state index contributed by atoms with van der Waals surface area (Å²) in [4.78, 5) is 0.367. The summed E-state index contributed by atoms with van der Waals surface area (Å²) in [5.74, 6) is 1.04. The number of halogens is 1. The highest BCUT2D eigenvalue weighted by atomic mass is 35.5. The van der Waals surface area contributed by atoms with E-state index in [1.54, 1.807) is 29.6 Å². The Labute approximate surface area is 132 Å². The van der Waals surface area contributed by atoms with Gasteiger partial charge in [-0.2, -0.15) is 4.31 Å². The first kappa shape index (κ1) is 16.6. The molecule has 0 unspecified atom stereocenters. The quantitative estimate of drug-likeness (QED) is 0.779. The lowest BCUT2D eigenvalue weighted by atomic mass is 10.1. The third-order valence-electron chi connectivity index (χ3n) is 3.81. The van der Waals surface area contributed by atoms with Gasteiger partial charge < -0.3 is 4.74 Å². The van der Waals surface area contributed by atoms with Gasteiger partial charge in [-0.15, -0.1) is 11.6 Å². The zero-order valence-electron chi connectivity index (χ0n) is 12.3. The minimum Gasteiger partial charge on any atom is -0.497 e. The average molecular weight is 332 g/mol. The van der Waals surface area contributed by atoms with Crippen molar-refractivity contribution in [1.82, 2.24) is 4.31 Å². The number of benzene rings is 1. The molecule has 6 heteroatoms. The predicted octanol–water partition coefficient (Wildman–Crippen LogP) is 3.04. The standard InChI is InChI=1S/C15H22ClNO3S/c1-20-14-6-7-15(13(12-14)8-9-16)21(18,19)17-10-4-2-3-5-11-17/h6-7,12H,2-5,8-11H2,1H3. The van der Waals surface area contributed by atoms with E-state index >= 15 is 0 Å². The molecule has 0 atom stereocenters. The molecule has 0 N–H and O–H groups in total. The molecule has 1 aromatic carbocycles. The van der Waals surface area contributed by atoms with E-state index in [0.29, 0.717) is 36.0 Å². The van der Waals surface area contributed by atoms with Crippen molar-refractivity contribution in [1.29, 1.82) is 0 Å². The first-order valence-corrected chi connectivity index (χ1v) is 9.30. The molecule has 0 bridgehead atoms. The minimum absolute atomic E-state index is 0.367. The van der Waals surface area contributed by atoms with Crippen LogP contribution in [0.3, 0.4) is 0 Å². The molecule has 0 spiro atoms. The van der Waals surface area contributed by atoms with Crippen LogP contribution in [-0.4, -0.2) is 38.8 Å². The Morgan fingerprint density at radius 1 is 1.19 bits per heavy atom. The molecule has 1 fully saturated rings. The molecular formula is C15H22ClNO3S. The van der Waals surface area contributed by atoms with Crippen LogP contribution in [0, 0.1) is 0 Å². The summed E-state index contributed by atoms with van der Waals surface area (Å²) >= 11 is 5.82. The molecule has 21 heavy (non-hydrogen) atoms. The lowest BCUT2D eigenvalue weighted by Crippen LogP contribution is -2.32. The van der Waals surface area contributed by atoms with Crippen molar-refractivity contribution in [3.8, 4) is 5.75 Å². The van der Waals surface area contributed by atoms with Gasteiger partial charge in [-0.05, 0) is 43.0 Å². The fourth-order valence-corrected chi connectivity index (χ4v) is 4.61. The normalized spacial score (nSPS) is 17.4. The van der Waals surface area contributed by atoms with Crippen molar-refractivity contribution >= 4 is 21.6 Å². The van der Waals surface area contributed by atoms with Gasteiger partial charge in [0.1, 0.15) is 5.75 Å². The first-order chi connectivity index (χ1) is 10.1. The minimum atomic E-state index is -3.44. The highest BCUT2D eigenvalue weighted by Crippen LogP contribution is 2.27. The van der Waals surface area contributed by atoms with Crippen molar-refractivity contribution in [2.45, 2.75) is 37.0 Å². The highest BCUT2D eigenvalue weighted by molar-refractivity contribution is 7.89. The Balaban J connectivity index is 2.37. The lowest BCUT2D eigenvalue weighted by molar-refractivity contribution is 0.412. The van der Waals surface area contributed by atoms with Gasteiger partial charge >= 0.3 is 0 Å². The summed E-state index contributed by atoms with van der Waals surface area (Å²) in [7, 11) is -1.87. The van der Waals surface area contributed by atoms with Gasteiger partial charge in [-0.3, -0.25) is 0 Å². The molecule has 118 valence electrons. The molecule has 2 rings (SSSR count). The van der Waals surface area contributed by atoms with Crippen LogP contribution < -0.4 is 4.74 Å². The summed E-state index contributed by atoms with van der Waals surface area (Å²) in [6, 6.07) is 5.11. The van der Waals surface area contributed by atoms with E-state index in [0.717, 1.165) is 31.2 Å². The smallest absolute Gasteiger partial charge is 0.243 e. The maximum Gasteiger partial charge on any atom is 0.243 e. The fourth-order valence-electron chi connectivity index (χ4n) is 2.65. The second kappa shape index (κ2) is 7.47. The summed E-state index contributed by atoms with van der Waals surface area (Å²) in [6.07, 6.45) is 4.58. The molecule has 4 nitrogen and oxygen atoms in total. The van der Waals surface area contributed by atoms with E-state index in [4.69, 9.17) is 16.3 Å². The molecule has 0 radical (unpaired) electrons. The van der Waals surface area contributed by atoms with Crippen LogP contribution in [0.1, 0.15) is 31.2 Å². The van der Waals surface area contributed by atoms with Crippen LogP contribution in [0.15, 0.2) is 23.1 Å². The van der Waals surface area contributed by atoms with Crippen molar-refractivity contribution < 1.29 is 13.2 Å². The molecule has 0 aliphatic carbocycles. The van der Waals surface area contributed by atoms with Gasteiger partial charge in [0, 0.05) is 19.0 Å². The summed E-state index contributed by atoms with van der Waals surface area (Å²) in [5, 5.41) is 0. The number of nitrogens with zero attached hydrogens (tertiary/aromatic N) is 1. The van der Waals surface area contributed by atoms with Gasteiger partial charge in [0.15, 0.2) is 0 Å². The maximum absolute atomic E-state index is 12.9. The molecule has 0 amide bonds. The number of hydrogen-bond acceptors (Lipinski definition) is 3. The Morgan fingerprint density at radius 3 is 2.43 bits per heavy atom. The fraction of sp³-hybridized carbons (Fsp3) is 0.600. The van der Waals surface area contributed by atoms with Crippen LogP contribution in [0.2, 0.25) is 0 Å². The third kappa shape index (κ3) is 3.90. The van der Waals surface area contributed by atoms with E-state index in [1.807, 2.05) is 0 Å². The van der Waals surface area contributed by atoms with Crippen molar-refractivity contribution in [3.63, 3.8) is 0 Å². The number of alkyl halides is 1. The highest BCUT2D eigenvalue weighted by Gasteiger charge is 2.27. The van der Waals surface area contributed by atoms with E-state index < -0.39 is 10.0 Å². The van der Waals surface area contributed by atoms with Crippen LogP contribution in [-0.2, 0) is 16.4 Å².